The fourth-order valence-corrected chi connectivity index (χ4v) is 6.55. The highest BCUT2D eigenvalue weighted by Crippen LogP contribution is 2.54. The zero-order chi connectivity index (χ0) is 27.3. The summed E-state index contributed by atoms with van der Waals surface area (Å²) in [6, 6.07) is 13.2. The van der Waals surface area contributed by atoms with E-state index in [1.165, 1.54) is 23.6 Å². The Labute approximate surface area is 253 Å². The lowest BCUT2D eigenvalue weighted by molar-refractivity contribution is -0.138. The molecule has 2 heterocycles. The van der Waals surface area contributed by atoms with Gasteiger partial charge in [-0.1, -0.05) is 23.9 Å². The molecule has 0 aromatic heterocycles. The normalized spacial score (nSPS) is 19.2. The van der Waals surface area contributed by atoms with E-state index < -0.39 is 4.87 Å². The minimum absolute atomic E-state index is 0. The SMILES string of the molecule is COc1ccc(OCCCN2CCN(CCO)CC2)c(C2(N(C)C(C)=O)Sc3ccccc3N(C)C2=O)c1.Cl.Cl. The first-order chi connectivity index (χ1) is 18.3. The number of rotatable bonds is 10. The number of amides is 2. The van der Waals surface area contributed by atoms with E-state index in [0.717, 1.165) is 56.3 Å². The number of piperazine rings is 1. The number of halogens is 2. The summed E-state index contributed by atoms with van der Waals surface area (Å²) >= 11 is 1.35. The second kappa shape index (κ2) is 15.1. The molecule has 0 radical (unpaired) electrons. The summed E-state index contributed by atoms with van der Waals surface area (Å²) in [6.45, 7) is 7.62. The largest absolute Gasteiger partial charge is 0.497 e. The number of benzene rings is 2. The van der Waals surface area contributed by atoms with Gasteiger partial charge in [0.1, 0.15) is 11.5 Å². The second-order valence-corrected chi connectivity index (χ2v) is 10.9. The first-order valence-corrected chi connectivity index (χ1v) is 13.8. The predicted molar refractivity (Wildman–Crippen MR) is 163 cm³/mol. The van der Waals surface area contributed by atoms with Gasteiger partial charge in [-0.15, -0.1) is 24.8 Å². The standard InChI is InChI=1S/C28H38N4O5S.2ClH/c1-21(34)30(3)28(27(35)29(2)24-8-5-6-9-26(24)38-28)23-20-22(36-4)10-11-25(23)37-19-7-12-31-13-15-32(16-14-31)17-18-33;;/h5-6,8-11,20,33H,7,12-19H2,1-4H3;2*1H. The lowest BCUT2D eigenvalue weighted by atomic mass is 10.00. The van der Waals surface area contributed by atoms with Gasteiger partial charge in [0.15, 0.2) is 0 Å². The maximum atomic E-state index is 14.1. The number of hydrogen-bond donors (Lipinski definition) is 1. The number of para-hydroxylation sites is 1. The molecule has 1 saturated heterocycles. The summed E-state index contributed by atoms with van der Waals surface area (Å²) in [4.78, 5) is 34.2. The van der Waals surface area contributed by atoms with Crippen LogP contribution in [0.3, 0.4) is 0 Å². The molecule has 0 bridgehead atoms. The molecule has 0 aliphatic carbocycles. The zero-order valence-corrected chi connectivity index (χ0v) is 25.9. The van der Waals surface area contributed by atoms with Gasteiger partial charge in [-0.2, -0.15) is 0 Å². The maximum Gasteiger partial charge on any atom is 0.268 e. The molecule has 0 spiro atoms. The van der Waals surface area contributed by atoms with Crippen molar-refractivity contribution in [3.8, 4) is 11.5 Å². The van der Waals surface area contributed by atoms with Crippen LogP contribution in [0.15, 0.2) is 47.4 Å². The van der Waals surface area contributed by atoms with Crippen LogP contribution in [0.5, 0.6) is 11.5 Å². The van der Waals surface area contributed by atoms with Gasteiger partial charge in [0.05, 0.1) is 26.0 Å². The molecular formula is C28H40Cl2N4O5S. The van der Waals surface area contributed by atoms with Crippen LogP contribution in [-0.2, 0) is 14.5 Å². The van der Waals surface area contributed by atoms with Gasteiger partial charge >= 0.3 is 0 Å². The predicted octanol–water partition coefficient (Wildman–Crippen LogP) is 3.32. The molecule has 2 aliphatic rings. The maximum absolute atomic E-state index is 14.1. The highest BCUT2D eigenvalue weighted by molar-refractivity contribution is 8.01. The first kappa shape index (κ1) is 34.0. The summed E-state index contributed by atoms with van der Waals surface area (Å²) in [5, 5.41) is 9.15. The van der Waals surface area contributed by atoms with E-state index in [1.54, 1.807) is 26.1 Å². The van der Waals surface area contributed by atoms with Crippen LogP contribution >= 0.6 is 36.6 Å². The average molecular weight is 616 g/mol. The van der Waals surface area contributed by atoms with Gasteiger partial charge in [0, 0.05) is 70.7 Å². The van der Waals surface area contributed by atoms with Gasteiger partial charge in [-0.3, -0.25) is 14.5 Å². The molecule has 40 heavy (non-hydrogen) atoms. The molecule has 0 saturated carbocycles. The van der Waals surface area contributed by atoms with Crippen molar-refractivity contribution in [3.63, 3.8) is 0 Å². The highest BCUT2D eigenvalue weighted by Gasteiger charge is 2.53. The third-order valence-corrected chi connectivity index (χ3v) is 8.86. The molecule has 4 rings (SSSR count). The summed E-state index contributed by atoms with van der Waals surface area (Å²) in [5.74, 6) is 0.685. The van der Waals surface area contributed by atoms with Crippen LogP contribution in [0.4, 0.5) is 5.69 Å². The monoisotopic (exact) mass is 614 g/mol. The van der Waals surface area contributed by atoms with Crippen molar-refractivity contribution in [2.45, 2.75) is 23.1 Å². The second-order valence-electron chi connectivity index (χ2n) is 9.63. The third kappa shape index (κ3) is 6.98. The van der Waals surface area contributed by atoms with Gasteiger partial charge in [-0.05, 0) is 36.8 Å². The van der Waals surface area contributed by atoms with E-state index in [-0.39, 0.29) is 43.2 Å². The van der Waals surface area contributed by atoms with Crippen molar-refractivity contribution in [2.24, 2.45) is 0 Å². The van der Waals surface area contributed by atoms with Crippen molar-refractivity contribution in [3.05, 3.63) is 48.0 Å². The van der Waals surface area contributed by atoms with Crippen LogP contribution in [0.1, 0.15) is 18.9 Å². The number of anilines is 1. The molecule has 9 nitrogen and oxygen atoms in total. The molecule has 1 unspecified atom stereocenters. The zero-order valence-electron chi connectivity index (χ0n) is 23.5. The molecular weight excluding hydrogens is 575 g/mol. The van der Waals surface area contributed by atoms with Gasteiger partial charge in [0.25, 0.3) is 5.91 Å². The number of fused-ring (bicyclic) bond motifs is 1. The smallest absolute Gasteiger partial charge is 0.268 e. The van der Waals surface area contributed by atoms with E-state index in [2.05, 4.69) is 9.80 Å². The van der Waals surface area contributed by atoms with E-state index in [9.17, 15) is 9.59 Å². The molecule has 1 fully saturated rings. The quantitative estimate of drug-likeness (QED) is 0.408. The Morgan fingerprint density at radius 1 is 1.07 bits per heavy atom. The fourth-order valence-electron chi connectivity index (χ4n) is 5.02. The van der Waals surface area contributed by atoms with Crippen LogP contribution < -0.4 is 14.4 Å². The number of β-amino-alcohol motifs (C(OH)–C–C–N with tert-alkyl or cyclic N) is 1. The summed E-state index contributed by atoms with van der Waals surface area (Å²) in [5.41, 5.74) is 1.39. The summed E-state index contributed by atoms with van der Waals surface area (Å²) < 4.78 is 11.8. The number of carbonyl (C=O) groups excluding carboxylic acids is 2. The van der Waals surface area contributed by atoms with Crippen LogP contribution in [0.2, 0.25) is 0 Å². The molecule has 2 aromatic carbocycles. The fraction of sp³-hybridized carbons (Fsp3) is 0.500. The van der Waals surface area contributed by atoms with E-state index in [1.807, 2.05) is 42.5 Å². The average Bonchev–Trinajstić information content (AvgIpc) is 2.93. The Hall–Kier alpha value is -2.21. The van der Waals surface area contributed by atoms with Crippen molar-refractivity contribution in [2.75, 3.05) is 78.6 Å². The van der Waals surface area contributed by atoms with Crippen molar-refractivity contribution < 1.29 is 24.2 Å². The summed E-state index contributed by atoms with van der Waals surface area (Å²) in [7, 11) is 4.98. The first-order valence-electron chi connectivity index (χ1n) is 13.0. The van der Waals surface area contributed by atoms with Crippen molar-refractivity contribution >= 4 is 54.1 Å². The van der Waals surface area contributed by atoms with Crippen molar-refractivity contribution in [1.29, 1.82) is 0 Å². The molecule has 2 aliphatic heterocycles. The third-order valence-electron chi connectivity index (χ3n) is 7.33. The minimum Gasteiger partial charge on any atom is -0.497 e. The van der Waals surface area contributed by atoms with E-state index in [4.69, 9.17) is 14.6 Å². The van der Waals surface area contributed by atoms with Gasteiger partial charge < -0.3 is 29.3 Å². The lowest BCUT2D eigenvalue weighted by Gasteiger charge is -2.46. The minimum atomic E-state index is -1.36. The Morgan fingerprint density at radius 3 is 2.35 bits per heavy atom. The van der Waals surface area contributed by atoms with Crippen LogP contribution in [-0.4, -0.2) is 105 Å². The van der Waals surface area contributed by atoms with E-state index in [0.29, 0.717) is 23.7 Å². The van der Waals surface area contributed by atoms with Gasteiger partial charge in [0.2, 0.25) is 10.8 Å². The number of aliphatic hydroxyl groups excluding tert-OH is 1. The number of carbonyl (C=O) groups is 2. The Balaban J connectivity index is 0.00000280. The molecule has 12 heteroatoms. The number of likely N-dealkylation sites (N-methyl/N-ethyl adjacent to an activating group) is 2. The number of ether oxygens (including phenoxy) is 2. The Morgan fingerprint density at radius 2 is 1.73 bits per heavy atom. The molecule has 222 valence electrons. The number of methoxy groups -OCH3 is 1. The number of aliphatic hydroxyl groups is 1. The number of hydrogen-bond acceptors (Lipinski definition) is 8. The molecule has 1 N–H and O–H groups in total. The van der Waals surface area contributed by atoms with Crippen LogP contribution in [0, 0.1) is 0 Å². The number of nitrogens with zero attached hydrogens (tertiary/aromatic N) is 4. The topological polar surface area (TPSA) is 85.8 Å². The number of thioether (sulfide) groups is 1. The molecule has 2 aromatic rings. The van der Waals surface area contributed by atoms with Crippen molar-refractivity contribution in [1.82, 2.24) is 14.7 Å². The van der Waals surface area contributed by atoms with Gasteiger partial charge in [-0.25, -0.2) is 0 Å². The lowest BCUT2D eigenvalue weighted by Crippen LogP contribution is -2.56. The highest BCUT2D eigenvalue weighted by atomic mass is 35.5. The summed E-state index contributed by atoms with van der Waals surface area (Å²) in [6.07, 6.45) is 0.824. The molecule has 1 atom stereocenters. The Bertz CT molecular complexity index is 1150. The molecule has 2 amide bonds. The Kier molecular flexibility index (Phi) is 12.9. The van der Waals surface area contributed by atoms with E-state index >= 15 is 0 Å². The van der Waals surface area contributed by atoms with Crippen LogP contribution in [0.25, 0.3) is 0 Å².